The van der Waals surface area contributed by atoms with Crippen molar-refractivity contribution in [2.45, 2.75) is 19.1 Å². The number of hydrogen-bond donors (Lipinski definition) is 1. The van der Waals surface area contributed by atoms with Gasteiger partial charge in [-0.05, 0) is 41.3 Å². The molecule has 2 aromatic carbocycles. The van der Waals surface area contributed by atoms with Crippen LogP contribution in [0.4, 0.5) is 0 Å². The summed E-state index contributed by atoms with van der Waals surface area (Å²) in [6.45, 7) is 3.09. The van der Waals surface area contributed by atoms with E-state index in [-0.39, 0.29) is 0 Å². The van der Waals surface area contributed by atoms with Crippen LogP contribution >= 0.6 is 0 Å². The van der Waals surface area contributed by atoms with E-state index < -0.39 is 5.54 Å². The number of nitrogens with two attached hydrogens (primary N) is 1. The quantitative estimate of drug-likeness (QED) is 0.939. The van der Waals surface area contributed by atoms with E-state index in [0.717, 1.165) is 22.3 Å². The first-order valence-electron chi connectivity index (χ1n) is 7.92. The maximum Gasteiger partial charge on any atom is 0.216 e. The van der Waals surface area contributed by atoms with Gasteiger partial charge in [-0.1, -0.05) is 36.4 Å². The van der Waals surface area contributed by atoms with Crippen molar-refractivity contribution in [3.63, 3.8) is 0 Å². The van der Waals surface area contributed by atoms with Gasteiger partial charge in [0.25, 0.3) is 0 Å². The van der Waals surface area contributed by atoms with E-state index in [0.29, 0.717) is 19.2 Å². The molecule has 5 heteroatoms. The van der Waals surface area contributed by atoms with Gasteiger partial charge in [0.2, 0.25) is 5.96 Å². The second-order valence-corrected chi connectivity index (χ2v) is 6.23. The highest BCUT2D eigenvalue weighted by molar-refractivity contribution is 5.78. The van der Waals surface area contributed by atoms with E-state index in [1.807, 2.05) is 19.1 Å². The second kappa shape index (κ2) is 6.63. The lowest BCUT2D eigenvalue weighted by atomic mass is 9.90. The van der Waals surface area contributed by atoms with Gasteiger partial charge >= 0.3 is 0 Å². The molecule has 0 saturated carbocycles. The van der Waals surface area contributed by atoms with Crippen LogP contribution in [0.1, 0.15) is 18.1 Å². The zero-order valence-corrected chi connectivity index (χ0v) is 14.3. The number of aliphatic imine (C=N–C) groups is 1. The van der Waals surface area contributed by atoms with Crippen LogP contribution in [0.2, 0.25) is 0 Å². The smallest absolute Gasteiger partial charge is 0.216 e. The lowest BCUT2D eigenvalue weighted by molar-refractivity contribution is -0.113. The number of guanidine groups is 1. The first-order valence-corrected chi connectivity index (χ1v) is 7.92. The minimum Gasteiger partial charge on any atom is -0.380 e. The van der Waals surface area contributed by atoms with Crippen molar-refractivity contribution in [2.75, 3.05) is 20.8 Å². The predicted molar refractivity (Wildman–Crippen MR) is 95.3 cm³/mol. The summed E-state index contributed by atoms with van der Waals surface area (Å²) in [6.07, 6.45) is 0. The lowest BCUT2D eigenvalue weighted by Gasteiger charge is -2.34. The molecule has 0 aromatic heterocycles. The highest BCUT2D eigenvalue weighted by atomic mass is 16.7. The molecule has 2 N–H and O–H groups in total. The SMILES string of the molecule is COCc1cccc(-c2cccc(C3(C)CON(C)C(N)=N3)c2)c1. The number of hydroxylamine groups is 2. The van der Waals surface area contributed by atoms with Crippen molar-refractivity contribution >= 4 is 5.96 Å². The number of benzene rings is 2. The maximum absolute atomic E-state index is 5.93. The van der Waals surface area contributed by atoms with Crippen LogP contribution in [-0.4, -0.2) is 31.8 Å². The first-order chi connectivity index (χ1) is 11.5. The van der Waals surface area contributed by atoms with E-state index in [2.05, 4.69) is 41.4 Å². The molecule has 2 aromatic rings. The Morgan fingerprint density at radius 1 is 1.21 bits per heavy atom. The highest BCUT2D eigenvalue weighted by Crippen LogP contribution is 2.32. The Hall–Kier alpha value is -2.37. The van der Waals surface area contributed by atoms with E-state index in [4.69, 9.17) is 15.3 Å². The molecule has 1 unspecified atom stereocenters. The zero-order valence-electron chi connectivity index (χ0n) is 14.3. The number of rotatable bonds is 4. The van der Waals surface area contributed by atoms with Crippen LogP contribution in [0.5, 0.6) is 0 Å². The Kier molecular flexibility index (Phi) is 4.55. The predicted octanol–water partition coefficient (Wildman–Crippen LogP) is 2.91. The zero-order chi connectivity index (χ0) is 17.2. The molecule has 0 radical (unpaired) electrons. The molecule has 1 aliphatic heterocycles. The van der Waals surface area contributed by atoms with Crippen LogP contribution in [-0.2, 0) is 21.7 Å². The summed E-state index contributed by atoms with van der Waals surface area (Å²) in [5, 5.41) is 1.50. The number of methoxy groups -OCH3 is 1. The van der Waals surface area contributed by atoms with Crippen molar-refractivity contribution in [1.82, 2.24) is 5.06 Å². The molecule has 24 heavy (non-hydrogen) atoms. The highest BCUT2D eigenvalue weighted by Gasteiger charge is 2.32. The summed E-state index contributed by atoms with van der Waals surface area (Å²) in [5.74, 6) is 0.385. The third kappa shape index (κ3) is 3.27. The standard InChI is InChI=1S/C19H23N3O2/c1-19(13-24-22(2)18(20)21-19)17-9-5-8-16(11-17)15-7-4-6-14(10-15)12-23-3/h4-11H,12-13H2,1-3H3,(H2,20,21). The van der Waals surface area contributed by atoms with Gasteiger partial charge in [0.15, 0.2) is 0 Å². The van der Waals surface area contributed by atoms with Crippen molar-refractivity contribution in [1.29, 1.82) is 0 Å². The van der Waals surface area contributed by atoms with Crippen molar-refractivity contribution in [3.05, 3.63) is 59.7 Å². The van der Waals surface area contributed by atoms with E-state index >= 15 is 0 Å². The summed E-state index contributed by atoms with van der Waals surface area (Å²) in [7, 11) is 3.47. The molecule has 1 atom stereocenters. The summed E-state index contributed by atoms with van der Waals surface area (Å²) in [6, 6.07) is 16.7. The molecule has 0 saturated heterocycles. The average molecular weight is 325 g/mol. The van der Waals surface area contributed by atoms with Crippen molar-refractivity contribution in [3.8, 4) is 11.1 Å². The van der Waals surface area contributed by atoms with Gasteiger partial charge in [0.05, 0.1) is 6.61 Å². The van der Waals surface area contributed by atoms with Gasteiger partial charge in [0.1, 0.15) is 12.1 Å². The molecular weight excluding hydrogens is 302 g/mol. The second-order valence-electron chi connectivity index (χ2n) is 6.23. The molecule has 0 bridgehead atoms. The molecular formula is C19H23N3O2. The minimum absolute atomic E-state index is 0.385. The molecule has 0 aliphatic carbocycles. The largest absolute Gasteiger partial charge is 0.380 e. The molecule has 1 aliphatic rings. The topological polar surface area (TPSA) is 60.1 Å². The van der Waals surface area contributed by atoms with Gasteiger partial charge in [-0.3, -0.25) is 4.84 Å². The molecule has 0 fully saturated rings. The van der Waals surface area contributed by atoms with Crippen LogP contribution in [0.25, 0.3) is 11.1 Å². The minimum atomic E-state index is -0.489. The van der Waals surface area contributed by atoms with Crippen LogP contribution in [0.15, 0.2) is 53.5 Å². The van der Waals surface area contributed by atoms with Gasteiger partial charge in [-0.25, -0.2) is 10.1 Å². The fourth-order valence-electron chi connectivity index (χ4n) is 2.83. The fraction of sp³-hybridized carbons (Fsp3) is 0.316. The van der Waals surface area contributed by atoms with Crippen molar-refractivity contribution < 1.29 is 9.57 Å². The Morgan fingerprint density at radius 2 is 1.92 bits per heavy atom. The average Bonchev–Trinajstić information content (AvgIpc) is 2.59. The number of ether oxygens (including phenoxy) is 1. The number of nitrogens with zero attached hydrogens (tertiary/aromatic N) is 2. The van der Waals surface area contributed by atoms with Gasteiger partial charge in [-0.15, -0.1) is 0 Å². The molecule has 1 heterocycles. The summed E-state index contributed by atoms with van der Waals surface area (Å²) in [4.78, 5) is 10.2. The maximum atomic E-state index is 5.93. The molecule has 3 rings (SSSR count). The Labute approximate surface area is 142 Å². The van der Waals surface area contributed by atoms with Crippen LogP contribution in [0.3, 0.4) is 0 Å². The molecule has 0 amide bonds. The van der Waals surface area contributed by atoms with Crippen LogP contribution in [0, 0.1) is 0 Å². The Balaban J connectivity index is 1.97. The lowest BCUT2D eigenvalue weighted by Crippen LogP contribution is -2.45. The fourth-order valence-corrected chi connectivity index (χ4v) is 2.83. The Bertz CT molecular complexity index is 760. The first kappa shape index (κ1) is 16.5. The van der Waals surface area contributed by atoms with Crippen LogP contribution < -0.4 is 5.73 Å². The monoisotopic (exact) mass is 325 g/mol. The third-order valence-electron chi connectivity index (χ3n) is 4.28. The third-order valence-corrected chi connectivity index (χ3v) is 4.28. The summed E-state index contributed by atoms with van der Waals surface area (Å²) in [5.41, 5.74) is 9.96. The molecule has 0 spiro atoms. The normalized spacial score (nSPS) is 20.8. The molecule has 5 nitrogen and oxygen atoms in total. The van der Waals surface area contributed by atoms with Gasteiger partial charge in [0, 0.05) is 14.2 Å². The molecule has 126 valence electrons. The van der Waals surface area contributed by atoms with E-state index in [9.17, 15) is 0 Å². The summed E-state index contributed by atoms with van der Waals surface area (Å²) >= 11 is 0. The van der Waals surface area contributed by atoms with E-state index in [1.165, 1.54) is 5.06 Å². The number of hydrogen-bond acceptors (Lipinski definition) is 5. The van der Waals surface area contributed by atoms with E-state index in [1.54, 1.807) is 14.2 Å². The summed E-state index contributed by atoms with van der Waals surface area (Å²) < 4.78 is 5.22. The van der Waals surface area contributed by atoms with Crippen molar-refractivity contribution in [2.24, 2.45) is 10.7 Å². The van der Waals surface area contributed by atoms with Gasteiger partial charge < -0.3 is 10.5 Å². The van der Waals surface area contributed by atoms with Gasteiger partial charge in [-0.2, -0.15) is 0 Å². The Morgan fingerprint density at radius 3 is 2.62 bits per heavy atom.